The van der Waals surface area contributed by atoms with Crippen molar-refractivity contribution < 1.29 is 17.6 Å². The van der Waals surface area contributed by atoms with Crippen molar-refractivity contribution in [2.45, 2.75) is 11.5 Å². The lowest BCUT2D eigenvalue weighted by Gasteiger charge is -2.03. The molecule has 0 aliphatic heterocycles. The van der Waals surface area contributed by atoms with Gasteiger partial charge >= 0.3 is 0 Å². The summed E-state index contributed by atoms with van der Waals surface area (Å²) in [7, 11) is -3.35. The highest BCUT2D eigenvalue weighted by Gasteiger charge is 2.15. The number of rotatable bonds is 5. The number of hydrogen-bond donors (Lipinski definition) is 0. The summed E-state index contributed by atoms with van der Waals surface area (Å²) < 4.78 is 29.0. The zero-order chi connectivity index (χ0) is 13.9. The summed E-state index contributed by atoms with van der Waals surface area (Å²) in [5.41, 5.74) is 0.659. The first-order chi connectivity index (χ1) is 8.98. The van der Waals surface area contributed by atoms with Crippen molar-refractivity contribution in [1.29, 1.82) is 0 Å². The second-order valence-corrected chi connectivity index (χ2v) is 6.58. The van der Waals surface area contributed by atoms with Gasteiger partial charge in [0.1, 0.15) is 11.5 Å². The predicted molar refractivity (Wildman–Crippen MR) is 71.9 cm³/mol. The number of hydrogen-bond acceptors (Lipinski definition) is 4. The second kappa shape index (κ2) is 5.59. The molecule has 100 valence electrons. The van der Waals surface area contributed by atoms with Gasteiger partial charge in [0.2, 0.25) is 0 Å². The van der Waals surface area contributed by atoms with Gasteiger partial charge in [-0.05, 0) is 29.8 Å². The maximum absolute atomic E-state index is 12.0. The molecular weight excluding hydrogens is 288 g/mol. The van der Waals surface area contributed by atoms with Crippen LogP contribution >= 0.6 is 11.6 Å². The van der Waals surface area contributed by atoms with Crippen LogP contribution in [0.5, 0.6) is 0 Å². The molecule has 0 aliphatic rings. The molecule has 2 rings (SSSR count). The van der Waals surface area contributed by atoms with Crippen LogP contribution in [0, 0.1) is 0 Å². The minimum absolute atomic E-state index is 0.0959. The van der Waals surface area contributed by atoms with Crippen molar-refractivity contribution in [2.24, 2.45) is 0 Å². The van der Waals surface area contributed by atoms with Crippen LogP contribution in [-0.4, -0.2) is 14.7 Å². The number of carbonyl (C=O) groups excluding carboxylic acids is 1. The van der Waals surface area contributed by atoms with Gasteiger partial charge in [0, 0.05) is 5.02 Å². The summed E-state index contributed by atoms with van der Waals surface area (Å²) in [5, 5.41) is 0.558. The van der Waals surface area contributed by atoms with Gasteiger partial charge in [-0.15, -0.1) is 0 Å². The number of benzene rings is 1. The van der Waals surface area contributed by atoms with Crippen LogP contribution in [0.3, 0.4) is 0 Å². The molecule has 4 nitrogen and oxygen atoms in total. The number of halogens is 1. The molecule has 0 saturated carbocycles. The molecule has 0 amide bonds. The summed E-state index contributed by atoms with van der Waals surface area (Å²) in [6, 6.07) is 9.55. The summed E-state index contributed by atoms with van der Waals surface area (Å²) in [4.78, 5) is 10.5. The van der Waals surface area contributed by atoms with Crippen molar-refractivity contribution in [3.8, 4) is 0 Å². The van der Waals surface area contributed by atoms with E-state index in [2.05, 4.69) is 0 Å². The summed E-state index contributed by atoms with van der Waals surface area (Å²) in [5.74, 6) is 0.0536. The van der Waals surface area contributed by atoms with Crippen molar-refractivity contribution in [3.05, 3.63) is 58.5 Å². The van der Waals surface area contributed by atoms with Crippen molar-refractivity contribution >= 4 is 27.7 Å². The fourth-order valence-corrected chi connectivity index (χ4v) is 3.15. The fraction of sp³-hybridized carbons (Fsp3) is 0.154. The first-order valence-corrected chi connectivity index (χ1v) is 7.67. The van der Waals surface area contributed by atoms with Crippen molar-refractivity contribution in [2.75, 3.05) is 0 Å². The number of sulfone groups is 1. The molecule has 1 aromatic carbocycles. The van der Waals surface area contributed by atoms with Crippen LogP contribution in [0.1, 0.15) is 21.9 Å². The monoisotopic (exact) mass is 298 g/mol. The molecule has 0 atom stereocenters. The molecule has 0 aliphatic carbocycles. The molecule has 0 bridgehead atoms. The lowest BCUT2D eigenvalue weighted by Crippen LogP contribution is -2.07. The minimum atomic E-state index is -3.35. The van der Waals surface area contributed by atoms with Gasteiger partial charge in [0.15, 0.2) is 21.9 Å². The lowest BCUT2D eigenvalue weighted by molar-refractivity contribution is 0.109. The second-order valence-electron chi connectivity index (χ2n) is 4.08. The van der Waals surface area contributed by atoms with Crippen LogP contribution in [0.15, 0.2) is 40.8 Å². The predicted octanol–water partition coefficient (Wildman–Crippen LogP) is 2.86. The lowest BCUT2D eigenvalue weighted by atomic mass is 10.2. The van der Waals surface area contributed by atoms with E-state index in [1.54, 1.807) is 24.3 Å². The molecule has 0 spiro atoms. The average molecular weight is 299 g/mol. The third-order valence-electron chi connectivity index (χ3n) is 2.46. The standard InChI is InChI=1S/C13H11ClO4S/c14-11-3-1-10(2-4-11)8-19(16,17)9-13-6-5-12(7-15)18-13/h1-7H,8-9H2. The molecule has 0 radical (unpaired) electrons. The largest absolute Gasteiger partial charge is 0.457 e. The Morgan fingerprint density at radius 2 is 1.74 bits per heavy atom. The Balaban J connectivity index is 2.10. The molecule has 0 fully saturated rings. The zero-order valence-electron chi connectivity index (χ0n) is 9.87. The number of carbonyl (C=O) groups is 1. The Kier molecular flexibility index (Phi) is 4.07. The van der Waals surface area contributed by atoms with E-state index in [4.69, 9.17) is 16.0 Å². The Morgan fingerprint density at radius 3 is 2.32 bits per heavy atom. The van der Waals surface area contributed by atoms with E-state index in [0.717, 1.165) is 0 Å². The zero-order valence-corrected chi connectivity index (χ0v) is 11.4. The van der Waals surface area contributed by atoms with E-state index in [1.807, 2.05) is 0 Å². The fourth-order valence-electron chi connectivity index (χ4n) is 1.64. The van der Waals surface area contributed by atoms with Crippen molar-refractivity contribution in [1.82, 2.24) is 0 Å². The summed E-state index contributed by atoms with van der Waals surface area (Å²) in [6.07, 6.45) is 0.537. The highest BCUT2D eigenvalue weighted by Crippen LogP contribution is 2.16. The molecular formula is C13H11ClO4S. The maximum Gasteiger partial charge on any atom is 0.185 e. The minimum Gasteiger partial charge on any atom is -0.457 e. The molecule has 0 unspecified atom stereocenters. The summed E-state index contributed by atoms with van der Waals surface area (Å²) >= 11 is 5.73. The first-order valence-electron chi connectivity index (χ1n) is 5.47. The van der Waals surface area contributed by atoms with E-state index in [9.17, 15) is 13.2 Å². The van der Waals surface area contributed by atoms with E-state index >= 15 is 0 Å². The number of aldehydes is 1. The van der Waals surface area contributed by atoms with Gasteiger partial charge in [-0.1, -0.05) is 23.7 Å². The highest BCUT2D eigenvalue weighted by molar-refractivity contribution is 7.89. The maximum atomic E-state index is 12.0. The Morgan fingerprint density at radius 1 is 1.05 bits per heavy atom. The SMILES string of the molecule is O=Cc1ccc(CS(=O)(=O)Cc2ccc(Cl)cc2)o1. The van der Waals surface area contributed by atoms with Crippen LogP contribution in [0.2, 0.25) is 5.02 Å². The highest BCUT2D eigenvalue weighted by atomic mass is 35.5. The van der Waals surface area contributed by atoms with Gasteiger partial charge in [-0.2, -0.15) is 0 Å². The van der Waals surface area contributed by atoms with Gasteiger partial charge in [-0.25, -0.2) is 8.42 Å². The first kappa shape index (κ1) is 13.8. The third kappa shape index (κ3) is 3.94. The molecule has 0 saturated heterocycles. The third-order valence-corrected chi connectivity index (χ3v) is 4.21. The van der Waals surface area contributed by atoms with E-state index in [-0.39, 0.29) is 23.0 Å². The van der Waals surface area contributed by atoms with E-state index in [1.165, 1.54) is 12.1 Å². The van der Waals surface area contributed by atoms with Crippen LogP contribution in [0.25, 0.3) is 0 Å². The molecule has 0 N–H and O–H groups in total. The van der Waals surface area contributed by atoms with Crippen LogP contribution in [-0.2, 0) is 21.3 Å². The molecule has 19 heavy (non-hydrogen) atoms. The van der Waals surface area contributed by atoms with Gasteiger partial charge in [0.05, 0.1) is 5.75 Å². The smallest absolute Gasteiger partial charge is 0.185 e. The van der Waals surface area contributed by atoms with Gasteiger partial charge in [0.25, 0.3) is 0 Å². The quantitative estimate of drug-likeness (QED) is 0.796. The molecule has 2 aromatic rings. The van der Waals surface area contributed by atoms with Crippen molar-refractivity contribution in [3.63, 3.8) is 0 Å². The van der Waals surface area contributed by atoms with E-state index < -0.39 is 9.84 Å². The van der Waals surface area contributed by atoms with E-state index in [0.29, 0.717) is 16.9 Å². The Labute approximate surface area is 115 Å². The Hall–Kier alpha value is -1.59. The van der Waals surface area contributed by atoms with Crippen LogP contribution in [0.4, 0.5) is 0 Å². The summed E-state index contributed by atoms with van der Waals surface area (Å²) in [6.45, 7) is 0. The normalized spacial score (nSPS) is 11.4. The Bertz CT molecular complexity index is 671. The number of furan rings is 1. The molecule has 1 aromatic heterocycles. The molecule has 1 heterocycles. The topological polar surface area (TPSA) is 64.3 Å². The average Bonchev–Trinajstić information content (AvgIpc) is 2.78. The van der Waals surface area contributed by atoms with Gasteiger partial charge in [-0.3, -0.25) is 4.79 Å². The molecule has 6 heteroatoms. The van der Waals surface area contributed by atoms with Crippen LogP contribution < -0.4 is 0 Å². The van der Waals surface area contributed by atoms with Gasteiger partial charge < -0.3 is 4.42 Å².